The van der Waals surface area contributed by atoms with Gasteiger partial charge >= 0.3 is 5.97 Å². The monoisotopic (exact) mass is 241 g/mol. The molecule has 0 aromatic heterocycles. The van der Waals surface area contributed by atoms with Crippen molar-refractivity contribution in [3.8, 4) is 0 Å². The number of carbonyl (C=O) groups is 1. The van der Waals surface area contributed by atoms with Crippen LogP contribution in [0.2, 0.25) is 0 Å². The number of nitrogens with two attached hydrogens (primary N) is 1. The van der Waals surface area contributed by atoms with Crippen LogP contribution in [0.5, 0.6) is 0 Å². The maximum absolute atomic E-state index is 11.9. The van der Waals surface area contributed by atoms with E-state index in [4.69, 9.17) is 10.5 Å². The number of carbonyl (C=O) groups excluding carboxylic acids is 1. The van der Waals surface area contributed by atoms with Gasteiger partial charge in [0.2, 0.25) is 0 Å². The van der Waals surface area contributed by atoms with E-state index in [2.05, 4.69) is 13.8 Å². The SMILES string of the molecule is CC(C)CCCOC(=O)C1CCCCCC1N. The van der Waals surface area contributed by atoms with Crippen molar-refractivity contribution in [2.75, 3.05) is 6.61 Å². The minimum absolute atomic E-state index is 0.00935. The lowest BCUT2D eigenvalue weighted by atomic mass is 9.96. The zero-order chi connectivity index (χ0) is 12.7. The van der Waals surface area contributed by atoms with E-state index in [1.54, 1.807) is 0 Å². The number of hydrogen-bond donors (Lipinski definition) is 1. The van der Waals surface area contributed by atoms with Crippen LogP contribution in [0.3, 0.4) is 0 Å². The van der Waals surface area contributed by atoms with Crippen molar-refractivity contribution in [3.63, 3.8) is 0 Å². The van der Waals surface area contributed by atoms with Crippen molar-refractivity contribution in [1.82, 2.24) is 0 Å². The number of hydrogen-bond acceptors (Lipinski definition) is 3. The topological polar surface area (TPSA) is 52.3 Å². The summed E-state index contributed by atoms with van der Waals surface area (Å²) in [7, 11) is 0. The molecule has 0 radical (unpaired) electrons. The molecule has 2 atom stereocenters. The molecule has 100 valence electrons. The maximum Gasteiger partial charge on any atom is 0.310 e. The van der Waals surface area contributed by atoms with Crippen LogP contribution in [0.15, 0.2) is 0 Å². The van der Waals surface area contributed by atoms with E-state index in [1.165, 1.54) is 6.42 Å². The number of ether oxygens (including phenoxy) is 1. The molecule has 2 unspecified atom stereocenters. The van der Waals surface area contributed by atoms with Gasteiger partial charge < -0.3 is 10.5 Å². The molecule has 0 aliphatic heterocycles. The highest BCUT2D eigenvalue weighted by atomic mass is 16.5. The highest BCUT2D eigenvalue weighted by Crippen LogP contribution is 2.23. The largest absolute Gasteiger partial charge is 0.465 e. The Kier molecular flexibility index (Phi) is 6.56. The summed E-state index contributed by atoms with van der Waals surface area (Å²) in [6.45, 7) is 4.92. The Bertz CT molecular complexity index is 228. The second-order valence-corrected chi connectivity index (χ2v) is 5.61. The zero-order valence-corrected chi connectivity index (χ0v) is 11.3. The Morgan fingerprint density at radius 2 is 2.00 bits per heavy atom. The first-order chi connectivity index (χ1) is 8.11. The van der Waals surface area contributed by atoms with Gasteiger partial charge in [0.15, 0.2) is 0 Å². The average molecular weight is 241 g/mol. The van der Waals surface area contributed by atoms with Crippen LogP contribution in [0.4, 0.5) is 0 Å². The van der Waals surface area contributed by atoms with Crippen LogP contribution >= 0.6 is 0 Å². The van der Waals surface area contributed by atoms with Gasteiger partial charge in [-0.05, 0) is 31.6 Å². The Hall–Kier alpha value is -0.570. The Morgan fingerprint density at radius 3 is 2.71 bits per heavy atom. The predicted octanol–water partition coefficient (Wildman–Crippen LogP) is 2.87. The zero-order valence-electron chi connectivity index (χ0n) is 11.3. The van der Waals surface area contributed by atoms with Gasteiger partial charge in [0.25, 0.3) is 0 Å². The van der Waals surface area contributed by atoms with Gasteiger partial charge in [-0.3, -0.25) is 4.79 Å². The molecule has 1 aliphatic rings. The molecule has 1 rings (SSSR count). The van der Waals surface area contributed by atoms with Crippen LogP contribution in [-0.4, -0.2) is 18.6 Å². The van der Waals surface area contributed by atoms with E-state index < -0.39 is 0 Å². The lowest BCUT2D eigenvalue weighted by Gasteiger charge is -2.19. The van der Waals surface area contributed by atoms with Crippen LogP contribution < -0.4 is 5.73 Å². The second-order valence-electron chi connectivity index (χ2n) is 5.61. The third kappa shape index (κ3) is 5.53. The summed E-state index contributed by atoms with van der Waals surface area (Å²) in [6, 6.07) is 0.00935. The average Bonchev–Trinajstić information content (AvgIpc) is 2.48. The van der Waals surface area contributed by atoms with E-state index in [0.29, 0.717) is 12.5 Å². The van der Waals surface area contributed by atoms with Crippen molar-refractivity contribution < 1.29 is 9.53 Å². The summed E-state index contributed by atoms with van der Waals surface area (Å²) < 4.78 is 5.34. The summed E-state index contributed by atoms with van der Waals surface area (Å²) in [5.41, 5.74) is 6.03. The Balaban J connectivity index is 2.25. The van der Waals surface area contributed by atoms with E-state index in [1.807, 2.05) is 0 Å². The van der Waals surface area contributed by atoms with E-state index in [9.17, 15) is 4.79 Å². The molecule has 1 saturated carbocycles. The van der Waals surface area contributed by atoms with Crippen molar-refractivity contribution in [1.29, 1.82) is 0 Å². The molecule has 0 bridgehead atoms. The Morgan fingerprint density at radius 1 is 1.29 bits per heavy atom. The first-order valence-electron chi connectivity index (χ1n) is 7.03. The maximum atomic E-state index is 11.9. The fraction of sp³-hybridized carbons (Fsp3) is 0.929. The van der Waals surface area contributed by atoms with Gasteiger partial charge in [-0.15, -0.1) is 0 Å². The van der Waals surface area contributed by atoms with Gasteiger partial charge in [0.05, 0.1) is 12.5 Å². The molecule has 17 heavy (non-hydrogen) atoms. The van der Waals surface area contributed by atoms with E-state index >= 15 is 0 Å². The minimum atomic E-state index is -0.0665. The molecular weight excluding hydrogens is 214 g/mol. The van der Waals surface area contributed by atoms with Crippen molar-refractivity contribution in [2.45, 2.75) is 64.8 Å². The van der Waals surface area contributed by atoms with E-state index in [0.717, 1.165) is 38.5 Å². The molecule has 0 heterocycles. The van der Waals surface area contributed by atoms with Crippen LogP contribution in [-0.2, 0) is 9.53 Å². The smallest absolute Gasteiger partial charge is 0.310 e. The normalized spacial score (nSPS) is 25.6. The number of rotatable bonds is 5. The lowest BCUT2D eigenvalue weighted by Crippen LogP contribution is -2.35. The Labute approximate surface area is 105 Å². The minimum Gasteiger partial charge on any atom is -0.465 e. The highest BCUT2D eigenvalue weighted by Gasteiger charge is 2.28. The molecule has 2 N–H and O–H groups in total. The molecule has 3 heteroatoms. The van der Waals surface area contributed by atoms with Crippen molar-refractivity contribution in [2.24, 2.45) is 17.6 Å². The molecule has 0 aromatic rings. The first-order valence-corrected chi connectivity index (χ1v) is 7.03. The first kappa shape index (κ1) is 14.5. The molecule has 0 saturated heterocycles. The molecule has 3 nitrogen and oxygen atoms in total. The third-order valence-electron chi connectivity index (χ3n) is 3.54. The molecule has 0 amide bonds. The summed E-state index contributed by atoms with van der Waals surface area (Å²) >= 11 is 0. The summed E-state index contributed by atoms with van der Waals surface area (Å²) in [6.07, 6.45) is 7.41. The standard InChI is InChI=1S/C14H27NO2/c1-11(2)7-6-10-17-14(16)12-8-4-3-5-9-13(12)15/h11-13H,3-10,15H2,1-2H3. The van der Waals surface area contributed by atoms with Crippen LogP contribution in [0.1, 0.15) is 58.8 Å². The van der Waals surface area contributed by atoms with Gasteiger partial charge in [0, 0.05) is 6.04 Å². The molecule has 1 aliphatic carbocycles. The summed E-state index contributed by atoms with van der Waals surface area (Å²) in [4.78, 5) is 11.9. The third-order valence-corrected chi connectivity index (χ3v) is 3.54. The van der Waals surface area contributed by atoms with Crippen LogP contribution in [0, 0.1) is 11.8 Å². The van der Waals surface area contributed by atoms with Gasteiger partial charge in [0.1, 0.15) is 0 Å². The molecule has 0 spiro atoms. The second kappa shape index (κ2) is 7.70. The lowest BCUT2D eigenvalue weighted by molar-refractivity contribution is -0.149. The fourth-order valence-electron chi connectivity index (χ4n) is 2.40. The fourth-order valence-corrected chi connectivity index (χ4v) is 2.40. The van der Waals surface area contributed by atoms with Gasteiger partial charge in [-0.2, -0.15) is 0 Å². The molecular formula is C14H27NO2. The summed E-state index contributed by atoms with van der Waals surface area (Å²) in [5.74, 6) is 0.550. The van der Waals surface area contributed by atoms with Crippen molar-refractivity contribution in [3.05, 3.63) is 0 Å². The quantitative estimate of drug-likeness (QED) is 0.457. The van der Waals surface area contributed by atoms with Crippen molar-refractivity contribution >= 4 is 5.97 Å². The van der Waals surface area contributed by atoms with E-state index in [-0.39, 0.29) is 17.9 Å². The predicted molar refractivity (Wildman–Crippen MR) is 69.6 cm³/mol. The molecule has 1 fully saturated rings. The summed E-state index contributed by atoms with van der Waals surface area (Å²) in [5, 5.41) is 0. The van der Waals surface area contributed by atoms with Gasteiger partial charge in [-0.25, -0.2) is 0 Å². The molecule has 0 aromatic carbocycles. The number of esters is 1. The van der Waals surface area contributed by atoms with Gasteiger partial charge in [-0.1, -0.05) is 33.1 Å². The van der Waals surface area contributed by atoms with Crippen LogP contribution in [0.25, 0.3) is 0 Å². The highest BCUT2D eigenvalue weighted by molar-refractivity contribution is 5.73.